The van der Waals surface area contributed by atoms with Crippen molar-refractivity contribution in [3.8, 4) is 0 Å². The van der Waals surface area contributed by atoms with Crippen molar-refractivity contribution in [1.82, 2.24) is 9.97 Å². The van der Waals surface area contributed by atoms with Crippen molar-refractivity contribution in [2.75, 3.05) is 30.8 Å². The maximum absolute atomic E-state index is 10.4. The normalized spacial score (nSPS) is 18.2. The summed E-state index contributed by atoms with van der Waals surface area (Å²) >= 11 is 0. The molecule has 0 spiro atoms. The maximum Gasteiger partial charge on any atom is 0.133 e. The van der Waals surface area contributed by atoms with E-state index in [1.807, 2.05) is 0 Å². The Morgan fingerprint density at radius 1 is 1.42 bits per heavy atom. The third kappa shape index (κ3) is 4.04. The number of rotatable bonds is 5. The standard InChI is InChI=1S/C13H22N4O2/c1-2-3-11-16-10(14)8-12(17-11)15-9-13(18)4-6-19-7-5-13/h8,18H,2-7,9H2,1H3,(H3,14,15,16,17). The van der Waals surface area contributed by atoms with Gasteiger partial charge in [0.1, 0.15) is 17.5 Å². The van der Waals surface area contributed by atoms with Gasteiger partial charge in [-0.25, -0.2) is 9.97 Å². The van der Waals surface area contributed by atoms with E-state index in [1.165, 1.54) is 0 Å². The fraction of sp³-hybridized carbons (Fsp3) is 0.692. The fourth-order valence-corrected chi connectivity index (χ4v) is 2.13. The molecule has 6 nitrogen and oxygen atoms in total. The average Bonchev–Trinajstić information content (AvgIpc) is 2.37. The molecular weight excluding hydrogens is 244 g/mol. The molecule has 6 heteroatoms. The van der Waals surface area contributed by atoms with Crippen LogP contribution in [0.3, 0.4) is 0 Å². The zero-order valence-corrected chi connectivity index (χ0v) is 11.4. The third-order valence-corrected chi connectivity index (χ3v) is 3.29. The summed E-state index contributed by atoms with van der Waals surface area (Å²) in [6, 6.07) is 1.70. The molecule has 4 N–H and O–H groups in total. The Morgan fingerprint density at radius 2 is 2.16 bits per heavy atom. The van der Waals surface area contributed by atoms with Crippen molar-refractivity contribution in [3.05, 3.63) is 11.9 Å². The van der Waals surface area contributed by atoms with E-state index >= 15 is 0 Å². The van der Waals surface area contributed by atoms with E-state index in [0.717, 1.165) is 18.7 Å². The average molecular weight is 266 g/mol. The number of hydrogen-bond acceptors (Lipinski definition) is 6. The first-order chi connectivity index (χ1) is 9.11. The molecule has 0 bridgehead atoms. The highest BCUT2D eigenvalue weighted by molar-refractivity contribution is 5.44. The van der Waals surface area contributed by atoms with Gasteiger partial charge in [-0.2, -0.15) is 0 Å². The molecule has 1 saturated heterocycles. The second kappa shape index (κ2) is 6.16. The van der Waals surface area contributed by atoms with E-state index in [0.29, 0.717) is 44.2 Å². The predicted octanol–water partition coefficient (Wildman–Crippen LogP) is 0.965. The van der Waals surface area contributed by atoms with Crippen molar-refractivity contribution in [3.63, 3.8) is 0 Å². The van der Waals surface area contributed by atoms with Gasteiger partial charge in [-0.3, -0.25) is 0 Å². The summed E-state index contributed by atoms with van der Waals surface area (Å²) in [5, 5.41) is 13.5. The summed E-state index contributed by atoms with van der Waals surface area (Å²) in [6.07, 6.45) is 3.06. The largest absolute Gasteiger partial charge is 0.388 e. The predicted molar refractivity (Wildman–Crippen MR) is 73.9 cm³/mol. The van der Waals surface area contributed by atoms with Crippen LogP contribution in [0.25, 0.3) is 0 Å². The molecular formula is C13H22N4O2. The molecule has 0 radical (unpaired) electrons. The number of nitrogens with two attached hydrogens (primary N) is 1. The molecule has 19 heavy (non-hydrogen) atoms. The first-order valence-electron chi connectivity index (χ1n) is 6.79. The highest BCUT2D eigenvalue weighted by atomic mass is 16.5. The number of nitrogens with zero attached hydrogens (tertiary/aromatic N) is 2. The van der Waals surface area contributed by atoms with Gasteiger partial charge in [0.25, 0.3) is 0 Å². The van der Waals surface area contributed by atoms with Crippen LogP contribution < -0.4 is 11.1 Å². The second-order valence-electron chi connectivity index (χ2n) is 5.03. The number of nitrogen functional groups attached to an aromatic ring is 1. The molecule has 0 unspecified atom stereocenters. The van der Waals surface area contributed by atoms with Gasteiger partial charge in [-0.05, 0) is 6.42 Å². The van der Waals surface area contributed by atoms with Crippen LogP contribution in [0.2, 0.25) is 0 Å². The summed E-state index contributed by atoms with van der Waals surface area (Å²) in [7, 11) is 0. The highest BCUT2D eigenvalue weighted by Crippen LogP contribution is 2.21. The van der Waals surface area contributed by atoms with E-state index in [9.17, 15) is 5.11 Å². The van der Waals surface area contributed by atoms with Crippen LogP contribution in [0.5, 0.6) is 0 Å². The molecule has 0 saturated carbocycles. The van der Waals surface area contributed by atoms with E-state index in [-0.39, 0.29) is 0 Å². The Kier molecular flexibility index (Phi) is 4.55. The topological polar surface area (TPSA) is 93.3 Å². The van der Waals surface area contributed by atoms with E-state index < -0.39 is 5.60 Å². The SMILES string of the molecule is CCCc1nc(N)cc(NCC2(O)CCOCC2)n1. The molecule has 1 aromatic heterocycles. The monoisotopic (exact) mass is 266 g/mol. The number of aromatic nitrogens is 2. The first kappa shape index (κ1) is 14.0. The van der Waals surface area contributed by atoms with Gasteiger partial charge in [-0.1, -0.05) is 6.92 Å². The Labute approximate surface area is 113 Å². The van der Waals surface area contributed by atoms with Crippen LogP contribution in [0.1, 0.15) is 32.0 Å². The van der Waals surface area contributed by atoms with Crippen molar-refractivity contribution in [1.29, 1.82) is 0 Å². The molecule has 1 aliphatic heterocycles. The lowest BCUT2D eigenvalue weighted by molar-refractivity contribution is -0.0543. The lowest BCUT2D eigenvalue weighted by Gasteiger charge is -2.32. The van der Waals surface area contributed by atoms with Crippen LogP contribution in [0, 0.1) is 0 Å². The summed E-state index contributed by atoms with van der Waals surface area (Å²) in [6.45, 7) is 3.74. The van der Waals surface area contributed by atoms with Crippen LogP contribution in [-0.4, -0.2) is 40.4 Å². The van der Waals surface area contributed by atoms with E-state index in [1.54, 1.807) is 6.07 Å². The number of hydrogen-bond donors (Lipinski definition) is 3. The van der Waals surface area contributed by atoms with E-state index in [2.05, 4.69) is 22.2 Å². The summed E-state index contributed by atoms with van der Waals surface area (Å²) in [5.74, 6) is 1.87. The number of nitrogens with one attached hydrogen (secondary N) is 1. The molecule has 0 amide bonds. The first-order valence-corrected chi connectivity index (χ1v) is 6.79. The number of aryl methyl sites for hydroxylation is 1. The molecule has 2 rings (SSSR count). The van der Waals surface area contributed by atoms with Crippen molar-refractivity contribution in [2.45, 2.75) is 38.2 Å². The fourth-order valence-electron chi connectivity index (χ4n) is 2.13. The molecule has 0 aliphatic carbocycles. The minimum atomic E-state index is -0.719. The van der Waals surface area contributed by atoms with Crippen molar-refractivity contribution in [2.24, 2.45) is 0 Å². The van der Waals surface area contributed by atoms with Crippen molar-refractivity contribution < 1.29 is 9.84 Å². The van der Waals surface area contributed by atoms with Crippen LogP contribution >= 0.6 is 0 Å². The quantitative estimate of drug-likeness (QED) is 0.735. The molecule has 1 aromatic rings. The maximum atomic E-state index is 10.4. The molecule has 1 aliphatic rings. The molecule has 2 heterocycles. The molecule has 106 valence electrons. The van der Waals surface area contributed by atoms with Gasteiger partial charge >= 0.3 is 0 Å². The zero-order valence-electron chi connectivity index (χ0n) is 11.4. The smallest absolute Gasteiger partial charge is 0.133 e. The van der Waals surface area contributed by atoms with Gasteiger partial charge in [0.05, 0.1) is 5.60 Å². The third-order valence-electron chi connectivity index (χ3n) is 3.29. The van der Waals surface area contributed by atoms with Gasteiger partial charge in [0.15, 0.2) is 0 Å². The Hall–Kier alpha value is -1.40. The minimum Gasteiger partial charge on any atom is -0.388 e. The second-order valence-corrected chi connectivity index (χ2v) is 5.03. The number of aliphatic hydroxyl groups is 1. The van der Waals surface area contributed by atoms with Gasteiger partial charge in [0.2, 0.25) is 0 Å². The van der Waals surface area contributed by atoms with Gasteiger partial charge < -0.3 is 20.9 Å². The molecule has 1 fully saturated rings. The van der Waals surface area contributed by atoms with Gasteiger partial charge in [0, 0.05) is 45.1 Å². The van der Waals surface area contributed by atoms with Crippen LogP contribution in [-0.2, 0) is 11.2 Å². The Balaban J connectivity index is 1.98. The van der Waals surface area contributed by atoms with Crippen LogP contribution in [0.15, 0.2) is 6.07 Å². The number of anilines is 2. The lowest BCUT2D eigenvalue weighted by Crippen LogP contribution is -2.42. The molecule has 0 aromatic carbocycles. The minimum absolute atomic E-state index is 0.457. The van der Waals surface area contributed by atoms with Crippen molar-refractivity contribution >= 4 is 11.6 Å². The van der Waals surface area contributed by atoms with Crippen LogP contribution in [0.4, 0.5) is 11.6 Å². The summed E-state index contributed by atoms with van der Waals surface area (Å²) in [4.78, 5) is 8.57. The number of ether oxygens (including phenoxy) is 1. The highest BCUT2D eigenvalue weighted by Gasteiger charge is 2.29. The van der Waals surface area contributed by atoms with Gasteiger partial charge in [-0.15, -0.1) is 0 Å². The molecule has 0 atom stereocenters. The zero-order chi connectivity index (χ0) is 13.7. The lowest BCUT2D eigenvalue weighted by atomic mass is 9.94. The summed E-state index contributed by atoms with van der Waals surface area (Å²) < 4.78 is 5.25. The van der Waals surface area contributed by atoms with E-state index in [4.69, 9.17) is 10.5 Å². The Morgan fingerprint density at radius 3 is 2.84 bits per heavy atom. The Bertz CT molecular complexity index is 419. The summed E-state index contributed by atoms with van der Waals surface area (Å²) in [5.41, 5.74) is 5.04.